The van der Waals surface area contributed by atoms with Crippen LogP contribution in [0.15, 0.2) is 214 Å². The second-order valence-electron chi connectivity index (χ2n) is 33.4. The number of fused-ring (bicyclic) bond motifs is 8. The van der Waals surface area contributed by atoms with E-state index in [4.69, 9.17) is 0 Å². The van der Waals surface area contributed by atoms with Crippen molar-refractivity contribution in [3.8, 4) is 0 Å². The number of quaternary nitrogens is 4. The van der Waals surface area contributed by atoms with E-state index in [-0.39, 0.29) is 19.6 Å². The molecule has 0 spiro atoms. The van der Waals surface area contributed by atoms with Gasteiger partial charge in [-0.15, -0.1) is 0 Å². The standard InChI is InChI=1S/C56H84N8.4C7H8O3S/c1-61(2,3)41-21-13-37(14-22-41)53-45-29-31-47(57-45)54(38-15-23-42(24-16-38)62(4,5)6)49-33-35-51(59-49)56(40-19-27-44(28-20-40)64(10,11)12)52-36-34-50(60-52)55(48-32-30-46(53)58-48)39-17-25-43(26-18-39)63(7,8)9;4*1-6-2-4-7(5-3-6)11(8,9)10/h13-28,45-60H,29-36H2,1-12H3;4*2-5H,1H3,(H,8,9,10)/q+4;;;;/p-4. The summed E-state index contributed by atoms with van der Waals surface area (Å²) in [5, 5.41) is 17.9. The third kappa shape index (κ3) is 22.7. The highest BCUT2D eigenvalue weighted by Gasteiger charge is 2.49. The summed E-state index contributed by atoms with van der Waals surface area (Å²) >= 11 is 0. The van der Waals surface area contributed by atoms with E-state index in [2.05, 4.69) is 203 Å². The van der Waals surface area contributed by atoms with Gasteiger partial charge in [0.2, 0.25) is 0 Å². The summed E-state index contributed by atoms with van der Waals surface area (Å²) in [6.07, 6.45) is 9.57. The molecule has 8 aromatic carbocycles. The number of hydrogen-bond acceptors (Lipinski definition) is 16. The van der Waals surface area contributed by atoms with Crippen LogP contribution in [0.2, 0.25) is 0 Å². The molecule has 8 unspecified atom stereocenters. The van der Waals surface area contributed by atoms with E-state index in [0.717, 1.165) is 40.2 Å². The molecule has 0 saturated carbocycles. The van der Waals surface area contributed by atoms with Crippen molar-refractivity contribution in [1.82, 2.24) is 39.2 Å². The summed E-state index contributed by atoms with van der Waals surface area (Å²) in [6.45, 7) is 7.28. The fourth-order valence-corrected chi connectivity index (χ4v) is 17.7. The lowest BCUT2D eigenvalue weighted by Gasteiger charge is -2.38. The maximum atomic E-state index is 10.4. The van der Waals surface area contributed by atoms with Crippen LogP contribution in [-0.4, -0.2) is 185 Å². The second kappa shape index (κ2) is 34.4. The van der Waals surface area contributed by atoms with Crippen LogP contribution >= 0.6 is 0 Å². The van der Waals surface area contributed by atoms with Crippen molar-refractivity contribution in [2.75, 3.05) is 84.6 Å². The average Bonchev–Trinajstić information content (AvgIpc) is 1.61. The van der Waals surface area contributed by atoms with Crippen molar-refractivity contribution in [1.29, 1.82) is 0 Å². The number of aryl methyl sites for hydroxylation is 4. The minimum Gasteiger partial charge on any atom is -0.744 e. The molecular formula is C84H112N8O12S4. The van der Waals surface area contributed by atoms with Gasteiger partial charge in [0.05, 0.1) is 104 Å². The Labute approximate surface area is 644 Å². The molecule has 5 fully saturated rings. The third-order valence-corrected chi connectivity index (χ3v) is 25.2. The van der Waals surface area contributed by atoms with Gasteiger partial charge in [-0.05, 0) is 198 Å². The van der Waals surface area contributed by atoms with Crippen LogP contribution in [0, 0.1) is 27.7 Å². The zero-order chi connectivity index (χ0) is 79.3. The van der Waals surface area contributed by atoms with E-state index in [1.165, 1.54) is 145 Å². The first-order valence-electron chi connectivity index (χ1n) is 37.0. The highest BCUT2D eigenvalue weighted by atomic mass is 32.2. The van der Waals surface area contributed by atoms with Crippen molar-refractivity contribution in [2.24, 2.45) is 0 Å². The fourth-order valence-electron chi connectivity index (χ4n) is 15.8. The van der Waals surface area contributed by atoms with Crippen LogP contribution < -0.4 is 39.2 Å². The Morgan fingerprint density at radius 1 is 0.231 bits per heavy atom. The minimum atomic E-state index is -4.27. The van der Waals surface area contributed by atoms with Crippen LogP contribution in [0.25, 0.3) is 0 Å². The summed E-state index contributed by atoms with van der Waals surface area (Å²) in [5.74, 6) is 1.55. The Morgan fingerprint density at radius 3 is 0.472 bits per heavy atom. The highest BCUT2D eigenvalue weighted by molar-refractivity contribution is 7.86. The van der Waals surface area contributed by atoms with Gasteiger partial charge >= 0.3 is 0 Å². The molecule has 8 atom stereocenters. The molecule has 0 aromatic heterocycles. The Kier molecular flexibility index (Phi) is 27.1. The molecule has 13 rings (SSSR count). The number of nitrogens with one attached hydrogen (secondary N) is 4. The Balaban J connectivity index is 0.000000242. The molecule has 5 saturated heterocycles. The predicted octanol–water partition coefficient (Wildman–Crippen LogP) is 12.0. The van der Waals surface area contributed by atoms with Crippen molar-refractivity contribution in [3.05, 3.63) is 239 Å². The van der Waals surface area contributed by atoms with Crippen LogP contribution in [0.3, 0.4) is 0 Å². The van der Waals surface area contributed by atoms with Gasteiger partial charge in [-0.2, -0.15) is 0 Å². The van der Waals surface area contributed by atoms with Crippen LogP contribution in [-0.2, 0) is 40.5 Å². The van der Waals surface area contributed by atoms with E-state index >= 15 is 0 Å². The van der Waals surface area contributed by atoms with Gasteiger partial charge in [0, 0.05) is 72.0 Å². The Morgan fingerprint density at radius 2 is 0.361 bits per heavy atom. The summed E-state index contributed by atoms with van der Waals surface area (Å²) in [4.78, 5) is -0.711. The molecule has 0 radical (unpaired) electrons. The summed E-state index contributed by atoms with van der Waals surface area (Å²) in [6, 6.07) is 65.4. The monoisotopic (exact) mass is 1550 g/mol. The summed E-state index contributed by atoms with van der Waals surface area (Å²) in [5.41, 5.74) is 15.1. The first kappa shape index (κ1) is 85.1. The van der Waals surface area contributed by atoms with E-state index < -0.39 is 40.5 Å². The quantitative estimate of drug-likeness (QED) is 0.0653. The smallest absolute Gasteiger partial charge is 0.132 e. The zero-order valence-electron chi connectivity index (χ0n) is 65.4. The third-order valence-electron chi connectivity index (χ3n) is 21.8. The molecule has 20 nitrogen and oxygen atoms in total. The predicted molar refractivity (Wildman–Crippen MR) is 431 cm³/mol. The van der Waals surface area contributed by atoms with Crippen LogP contribution in [0.1, 0.15) is 120 Å². The highest BCUT2D eigenvalue weighted by Crippen LogP contribution is 2.47. The van der Waals surface area contributed by atoms with E-state index in [1.54, 1.807) is 48.5 Å². The maximum absolute atomic E-state index is 10.4. The van der Waals surface area contributed by atoms with Crippen LogP contribution in [0.4, 0.5) is 22.7 Å². The first-order chi connectivity index (χ1) is 50.2. The molecule has 0 amide bonds. The van der Waals surface area contributed by atoms with Crippen molar-refractivity contribution in [3.63, 3.8) is 0 Å². The van der Waals surface area contributed by atoms with Gasteiger partial charge in [-0.1, -0.05) is 119 Å². The Bertz CT molecular complexity index is 4110. The molecular weight excluding hydrogens is 1440 g/mol. The molecule has 8 aromatic rings. The number of rotatable bonds is 12. The number of nitrogens with zero attached hydrogens (tertiary/aromatic N) is 4. The van der Waals surface area contributed by atoms with Gasteiger partial charge in [0.15, 0.2) is 0 Å². The Hall–Kier alpha value is -6.92. The van der Waals surface area contributed by atoms with Gasteiger partial charge in [0.1, 0.15) is 63.2 Å². The largest absolute Gasteiger partial charge is 0.744 e. The lowest BCUT2D eigenvalue weighted by Crippen LogP contribution is -2.51. The molecule has 5 aliphatic rings. The lowest BCUT2D eigenvalue weighted by atomic mass is 9.82. The van der Waals surface area contributed by atoms with Gasteiger partial charge < -0.3 is 39.5 Å². The molecule has 8 bridgehead atoms. The summed E-state index contributed by atoms with van der Waals surface area (Å²) < 4.78 is 128. The van der Waals surface area contributed by atoms with Crippen LogP contribution in [0.5, 0.6) is 0 Å². The SMILES string of the molecule is C[N+](C)(C)c1ccc(C2C3CCC(N3)C(c3ccc([N+](C)(C)C)cc3)C3CCC(N3)C(c3ccc([N+](C)(C)C)cc3)C3CCC(N3)C(c3ccc([N+](C)(C)C)cc3)C3CCC2N3)cc1.Cc1ccc(S(=O)(=O)[O-])cc1.Cc1ccc(S(=O)(=O)[O-])cc1.Cc1ccc(S(=O)(=O)[O-])cc1.Cc1ccc(S(=O)(=O)[O-])cc1. The molecule has 0 aliphatic carbocycles. The fraction of sp³-hybridized carbons (Fsp3) is 0.429. The number of benzene rings is 8. The summed E-state index contributed by atoms with van der Waals surface area (Å²) in [7, 11) is 10.3. The van der Waals surface area contributed by atoms with E-state index in [9.17, 15) is 51.9 Å². The molecule has 108 heavy (non-hydrogen) atoms. The maximum Gasteiger partial charge on any atom is 0.132 e. The molecule has 5 heterocycles. The van der Waals surface area contributed by atoms with Crippen molar-refractivity contribution in [2.45, 2.75) is 171 Å². The zero-order valence-corrected chi connectivity index (χ0v) is 68.6. The first-order valence-corrected chi connectivity index (χ1v) is 42.7. The van der Waals surface area contributed by atoms with E-state index in [0.29, 0.717) is 72.0 Å². The second-order valence-corrected chi connectivity index (χ2v) is 38.9. The normalized spacial score (nSPS) is 24.0. The lowest BCUT2D eigenvalue weighted by molar-refractivity contribution is 0.305. The molecule has 584 valence electrons. The van der Waals surface area contributed by atoms with Crippen molar-refractivity contribution >= 4 is 63.2 Å². The van der Waals surface area contributed by atoms with E-state index in [1.807, 2.05) is 27.7 Å². The molecule has 4 N–H and O–H groups in total. The number of hydrogen-bond donors (Lipinski definition) is 4. The van der Waals surface area contributed by atoms with Crippen molar-refractivity contribution < 1.29 is 51.9 Å². The molecule has 24 heteroatoms. The topological polar surface area (TPSA) is 277 Å². The molecule has 5 aliphatic heterocycles. The van der Waals surface area contributed by atoms with Gasteiger partial charge in [-0.25, -0.2) is 33.7 Å². The van der Waals surface area contributed by atoms with Gasteiger partial charge in [-0.3, -0.25) is 17.9 Å². The minimum absolute atomic E-state index is 0.178. The average molecular weight is 1550 g/mol. The van der Waals surface area contributed by atoms with Gasteiger partial charge in [0.25, 0.3) is 0 Å².